The third-order valence-corrected chi connectivity index (χ3v) is 1.49. The second-order valence-corrected chi connectivity index (χ2v) is 2.54. The Morgan fingerprint density at radius 2 is 2.38 bits per heavy atom. The van der Waals surface area contributed by atoms with Crippen LogP contribution in [0.3, 0.4) is 0 Å². The van der Waals surface area contributed by atoms with Crippen molar-refractivity contribution in [1.82, 2.24) is 5.43 Å². The van der Waals surface area contributed by atoms with Crippen LogP contribution in [0, 0.1) is 0 Å². The molecule has 0 spiro atoms. The van der Waals surface area contributed by atoms with E-state index in [1.165, 1.54) is 0 Å². The lowest BCUT2D eigenvalue weighted by Crippen LogP contribution is -2.29. The fourth-order valence-corrected chi connectivity index (χ4v) is 0.773. The number of aliphatic carboxylic acids is 1. The first-order valence-electron chi connectivity index (χ1n) is 3.94. The van der Waals surface area contributed by atoms with Gasteiger partial charge in [0.1, 0.15) is 6.04 Å². The van der Waals surface area contributed by atoms with Crippen molar-refractivity contribution in [3.63, 3.8) is 0 Å². The Labute approximate surface area is 75.5 Å². The number of carboxylic acid groups (broad SMARTS) is 1. The van der Waals surface area contributed by atoms with Crippen molar-refractivity contribution < 1.29 is 9.90 Å². The number of rotatable bonds is 7. The van der Waals surface area contributed by atoms with E-state index in [0.717, 1.165) is 6.42 Å². The van der Waals surface area contributed by atoms with Gasteiger partial charge in [-0.15, -0.1) is 5.53 Å². The van der Waals surface area contributed by atoms with Crippen LogP contribution in [0.15, 0.2) is 5.22 Å². The minimum atomic E-state index is -0.983. The smallest absolute Gasteiger partial charge is 0.320 e. The van der Waals surface area contributed by atoms with Gasteiger partial charge in [0.2, 0.25) is 0 Å². The zero-order chi connectivity index (χ0) is 10.1. The van der Waals surface area contributed by atoms with Gasteiger partial charge in [-0.1, -0.05) is 0 Å². The van der Waals surface area contributed by atoms with Gasteiger partial charge >= 0.3 is 5.97 Å². The van der Waals surface area contributed by atoms with Crippen molar-refractivity contribution in [3.8, 4) is 0 Å². The minimum Gasteiger partial charge on any atom is -0.480 e. The number of nitrogens with one attached hydrogen (secondary N) is 1. The van der Waals surface area contributed by atoms with E-state index < -0.39 is 12.0 Å². The molecule has 0 aromatic rings. The van der Waals surface area contributed by atoms with E-state index in [2.05, 4.69) is 15.6 Å². The molecule has 0 rings (SSSR count). The molecule has 0 aromatic carbocycles. The van der Waals surface area contributed by atoms with E-state index in [4.69, 9.17) is 16.4 Å². The molecule has 0 aliphatic heterocycles. The molecule has 7 nitrogen and oxygen atoms in total. The first-order valence-corrected chi connectivity index (χ1v) is 3.94. The lowest BCUT2D eigenvalue weighted by atomic mass is 10.1. The predicted octanol–water partition coefficient (Wildman–Crippen LogP) is 0.384. The molecule has 0 saturated heterocycles. The van der Waals surface area contributed by atoms with Crippen LogP contribution in [0.5, 0.6) is 0 Å². The Balaban J connectivity index is 3.25. The summed E-state index contributed by atoms with van der Waals surface area (Å²) in [6, 6.07) is -0.792. The van der Waals surface area contributed by atoms with Crippen LogP contribution in [0.25, 0.3) is 10.4 Å². The predicted molar refractivity (Wildman–Crippen MR) is 46.6 cm³/mol. The lowest BCUT2D eigenvalue weighted by Gasteiger charge is -2.04. The summed E-state index contributed by atoms with van der Waals surface area (Å²) in [5.74, 6) is -0.983. The summed E-state index contributed by atoms with van der Waals surface area (Å²) in [7, 11) is 0. The molecule has 0 aliphatic rings. The summed E-state index contributed by atoms with van der Waals surface area (Å²) in [4.78, 5) is 12.8. The van der Waals surface area contributed by atoms with Crippen LogP contribution in [0.2, 0.25) is 0 Å². The van der Waals surface area contributed by atoms with Gasteiger partial charge in [0, 0.05) is 0 Å². The molecule has 0 fully saturated rings. The highest BCUT2D eigenvalue weighted by Gasteiger charge is 2.09. The number of hydrogen-bond acceptors (Lipinski definition) is 3. The highest BCUT2D eigenvalue weighted by Crippen LogP contribution is 1.97. The quantitative estimate of drug-likeness (QED) is 0.175. The summed E-state index contributed by atoms with van der Waals surface area (Å²) < 4.78 is 0. The van der Waals surface area contributed by atoms with Gasteiger partial charge < -0.3 is 10.8 Å². The average Bonchev–Trinajstić information content (AvgIpc) is 2.10. The highest BCUT2D eigenvalue weighted by atomic mass is 16.4. The van der Waals surface area contributed by atoms with Crippen LogP contribution < -0.4 is 11.2 Å². The Morgan fingerprint density at radius 3 is 2.92 bits per heavy atom. The number of nitrogens with two attached hydrogens (primary N) is 1. The van der Waals surface area contributed by atoms with E-state index >= 15 is 0 Å². The average molecular weight is 187 g/mol. The first-order chi connectivity index (χ1) is 6.18. The van der Waals surface area contributed by atoms with Crippen LogP contribution in [-0.2, 0) is 4.79 Å². The van der Waals surface area contributed by atoms with E-state index in [9.17, 15) is 4.79 Å². The summed E-state index contributed by atoms with van der Waals surface area (Å²) in [6.45, 7) is 0.538. The van der Waals surface area contributed by atoms with E-state index in [1.807, 2.05) is 0 Å². The molecule has 0 aromatic heterocycles. The number of carboxylic acids is 1. The van der Waals surface area contributed by atoms with Gasteiger partial charge in [-0.25, -0.2) is 0 Å². The summed E-state index contributed by atoms with van der Waals surface area (Å²) in [5, 5.41) is 11.5. The first kappa shape index (κ1) is 11.5. The van der Waals surface area contributed by atoms with Crippen LogP contribution in [-0.4, -0.2) is 23.7 Å². The summed E-state index contributed by atoms with van der Waals surface area (Å²) in [6.07, 6.45) is 1.87. The number of azide groups is 1. The van der Waals surface area contributed by atoms with Crippen molar-refractivity contribution in [2.24, 2.45) is 11.0 Å². The third-order valence-electron chi connectivity index (χ3n) is 1.49. The molecule has 0 aliphatic carbocycles. The fourth-order valence-electron chi connectivity index (χ4n) is 0.773. The maximum Gasteiger partial charge on any atom is 0.320 e. The second-order valence-electron chi connectivity index (χ2n) is 2.54. The molecular formula is C6H13N5O2. The Kier molecular flexibility index (Phi) is 6.39. The fraction of sp³-hybridized carbons (Fsp3) is 0.833. The topological polar surface area (TPSA) is 124 Å². The maximum absolute atomic E-state index is 10.3. The van der Waals surface area contributed by atoms with Gasteiger partial charge in [-0.2, -0.15) is 4.91 Å². The Bertz CT molecular complexity index is 201. The number of nitrogens with zero attached hydrogens (tertiary/aromatic N) is 3. The number of carbonyl (C=O) groups is 1. The monoisotopic (exact) mass is 187 g/mol. The molecule has 0 amide bonds. The zero-order valence-corrected chi connectivity index (χ0v) is 7.18. The van der Waals surface area contributed by atoms with Crippen molar-refractivity contribution in [3.05, 3.63) is 10.4 Å². The summed E-state index contributed by atoms with van der Waals surface area (Å²) >= 11 is 0. The second kappa shape index (κ2) is 7.20. The van der Waals surface area contributed by atoms with E-state index in [-0.39, 0.29) is 0 Å². The van der Waals surface area contributed by atoms with Crippen molar-refractivity contribution in [2.45, 2.75) is 25.3 Å². The Morgan fingerprint density at radius 1 is 1.69 bits per heavy atom. The molecule has 74 valence electrons. The van der Waals surface area contributed by atoms with E-state index in [1.54, 1.807) is 0 Å². The maximum atomic E-state index is 10.3. The molecule has 7 heteroatoms. The SMILES string of the molecule is [N-]=[N+]=NNCCCC[C@@H](N)C(=O)O. The Hall–Kier alpha value is -1.46. The van der Waals surface area contributed by atoms with Crippen LogP contribution in [0.4, 0.5) is 0 Å². The standard InChI is InChI=1S/C6H13N5O2/c7-5(6(12)13)3-1-2-4-9-11-10-8/h5,9H,1-4,7H2,(H,12,13)/t5-/m1/s1. The van der Waals surface area contributed by atoms with Gasteiger partial charge in [0.15, 0.2) is 0 Å². The number of hydrogen-bond donors (Lipinski definition) is 3. The van der Waals surface area contributed by atoms with Gasteiger partial charge in [-0.3, -0.25) is 10.2 Å². The molecule has 0 unspecified atom stereocenters. The molecule has 0 bridgehead atoms. The lowest BCUT2D eigenvalue weighted by molar-refractivity contribution is -0.138. The van der Waals surface area contributed by atoms with Gasteiger partial charge in [0.05, 0.1) is 6.54 Å². The largest absolute Gasteiger partial charge is 0.480 e. The molecule has 0 heterocycles. The van der Waals surface area contributed by atoms with Crippen LogP contribution >= 0.6 is 0 Å². The molecule has 0 saturated carbocycles. The summed E-state index contributed by atoms with van der Waals surface area (Å²) in [5.41, 5.74) is 15.6. The van der Waals surface area contributed by atoms with Gasteiger partial charge in [0.25, 0.3) is 0 Å². The van der Waals surface area contributed by atoms with Crippen molar-refractivity contribution in [1.29, 1.82) is 0 Å². The van der Waals surface area contributed by atoms with Crippen LogP contribution in [0.1, 0.15) is 19.3 Å². The molecule has 0 radical (unpaired) electrons. The number of unbranched alkanes of at least 4 members (excludes halogenated alkanes) is 1. The van der Waals surface area contributed by atoms with Crippen molar-refractivity contribution >= 4 is 5.97 Å². The molecular weight excluding hydrogens is 174 g/mol. The molecule has 1 atom stereocenters. The van der Waals surface area contributed by atoms with Gasteiger partial charge in [-0.05, 0) is 24.5 Å². The van der Waals surface area contributed by atoms with E-state index in [0.29, 0.717) is 19.4 Å². The highest BCUT2D eigenvalue weighted by molar-refractivity contribution is 5.72. The van der Waals surface area contributed by atoms with Crippen molar-refractivity contribution in [2.75, 3.05) is 6.54 Å². The molecule has 13 heavy (non-hydrogen) atoms. The zero-order valence-electron chi connectivity index (χ0n) is 7.18. The normalized spacial score (nSPS) is 11.5. The molecule has 4 N–H and O–H groups in total. The third kappa shape index (κ3) is 6.92. The minimum absolute atomic E-state index is 0.438.